The maximum atomic E-state index is 12.2. The zero-order valence-electron chi connectivity index (χ0n) is 10.6. The number of ether oxygens (including phenoxy) is 1. The summed E-state index contributed by atoms with van der Waals surface area (Å²) in [6.07, 6.45) is 2.90. The Kier molecular flexibility index (Phi) is 4.48. The quantitative estimate of drug-likeness (QED) is 0.842. The van der Waals surface area contributed by atoms with Crippen molar-refractivity contribution in [2.45, 2.75) is 32.3 Å². The summed E-state index contributed by atoms with van der Waals surface area (Å²) < 4.78 is 5.64. The van der Waals surface area contributed by atoms with E-state index in [9.17, 15) is 4.79 Å². The molecule has 98 valence electrons. The minimum Gasteiger partial charge on any atom is -0.479 e. The van der Waals surface area contributed by atoms with Crippen LogP contribution in [-0.2, 0) is 4.79 Å². The van der Waals surface area contributed by atoms with Crippen molar-refractivity contribution in [1.29, 1.82) is 0 Å². The summed E-state index contributed by atoms with van der Waals surface area (Å²) in [6, 6.07) is 7.23. The lowest BCUT2D eigenvalue weighted by molar-refractivity contribution is -0.138. The van der Waals surface area contributed by atoms with Gasteiger partial charge < -0.3 is 9.64 Å². The number of rotatable bonds is 3. The van der Waals surface area contributed by atoms with Crippen LogP contribution in [-0.4, -0.2) is 30.0 Å². The Morgan fingerprint density at radius 2 is 1.94 bits per heavy atom. The molecule has 0 spiro atoms. The second-order valence-electron chi connectivity index (χ2n) is 4.58. The molecule has 1 amide bonds. The molecule has 1 aliphatic rings. The van der Waals surface area contributed by atoms with Gasteiger partial charge in [0.05, 0.1) is 5.02 Å². The summed E-state index contributed by atoms with van der Waals surface area (Å²) >= 11 is 6.01. The van der Waals surface area contributed by atoms with Gasteiger partial charge in [0.2, 0.25) is 0 Å². The molecule has 1 saturated heterocycles. The highest BCUT2D eigenvalue weighted by molar-refractivity contribution is 6.32. The van der Waals surface area contributed by atoms with Crippen LogP contribution in [0.1, 0.15) is 26.2 Å². The Labute approximate surface area is 113 Å². The van der Waals surface area contributed by atoms with E-state index in [1.54, 1.807) is 19.1 Å². The Morgan fingerprint density at radius 1 is 1.28 bits per heavy atom. The first-order chi connectivity index (χ1) is 8.68. The van der Waals surface area contributed by atoms with Crippen LogP contribution in [0, 0.1) is 0 Å². The van der Waals surface area contributed by atoms with Gasteiger partial charge in [-0.15, -0.1) is 0 Å². The van der Waals surface area contributed by atoms with Gasteiger partial charge in [-0.1, -0.05) is 23.7 Å². The molecule has 0 aliphatic carbocycles. The zero-order valence-corrected chi connectivity index (χ0v) is 11.3. The minimum atomic E-state index is -0.483. The number of likely N-dealkylation sites (tertiary alicyclic amines) is 1. The number of halogens is 1. The van der Waals surface area contributed by atoms with E-state index in [4.69, 9.17) is 16.3 Å². The van der Waals surface area contributed by atoms with E-state index in [0.717, 1.165) is 25.9 Å². The van der Waals surface area contributed by atoms with Crippen molar-refractivity contribution in [3.63, 3.8) is 0 Å². The summed E-state index contributed by atoms with van der Waals surface area (Å²) in [6.45, 7) is 3.46. The van der Waals surface area contributed by atoms with Gasteiger partial charge in [0, 0.05) is 13.1 Å². The Morgan fingerprint density at radius 3 is 2.61 bits per heavy atom. The molecule has 4 heteroatoms. The molecule has 1 aromatic rings. The predicted molar refractivity (Wildman–Crippen MR) is 72.0 cm³/mol. The molecule has 0 radical (unpaired) electrons. The second kappa shape index (κ2) is 6.10. The van der Waals surface area contributed by atoms with E-state index in [1.807, 2.05) is 17.0 Å². The number of hydrogen-bond donors (Lipinski definition) is 0. The normalized spacial score (nSPS) is 17.3. The highest BCUT2D eigenvalue weighted by Crippen LogP contribution is 2.24. The first-order valence-corrected chi connectivity index (χ1v) is 6.76. The molecule has 1 unspecified atom stereocenters. The van der Waals surface area contributed by atoms with Crippen molar-refractivity contribution in [3.05, 3.63) is 29.3 Å². The van der Waals surface area contributed by atoms with Crippen molar-refractivity contribution in [2.24, 2.45) is 0 Å². The van der Waals surface area contributed by atoms with Crippen LogP contribution in [0.2, 0.25) is 5.02 Å². The fourth-order valence-corrected chi connectivity index (χ4v) is 2.33. The van der Waals surface area contributed by atoms with Gasteiger partial charge in [0.15, 0.2) is 6.10 Å². The van der Waals surface area contributed by atoms with E-state index >= 15 is 0 Å². The summed E-state index contributed by atoms with van der Waals surface area (Å²) in [5, 5.41) is 0.538. The van der Waals surface area contributed by atoms with Gasteiger partial charge in [-0.25, -0.2) is 0 Å². The smallest absolute Gasteiger partial charge is 0.263 e. The number of hydrogen-bond acceptors (Lipinski definition) is 2. The number of piperidine rings is 1. The third-order valence-electron chi connectivity index (χ3n) is 3.16. The number of benzene rings is 1. The molecule has 0 saturated carbocycles. The van der Waals surface area contributed by atoms with E-state index in [1.165, 1.54) is 6.42 Å². The van der Waals surface area contributed by atoms with Gasteiger partial charge in [-0.2, -0.15) is 0 Å². The number of para-hydroxylation sites is 1. The molecule has 1 atom stereocenters. The van der Waals surface area contributed by atoms with Gasteiger partial charge in [0.1, 0.15) is 5.75 Å². The minimum absolute atomic E-state index is 0.0506. The molecule has 1 aliphatic heterocycles. The number of nitrogens with zero attached hydrogens (tertiary/aromatic N) is 1. The summed E-state index contributed by atoms with van der Waals surface area (Å²) in [5.74, 6) is 0.617. The van der Waals surface area contributed by atoms with E-state index in [-0.39, 0.29) is 5.91 Å². The van der Waals surface area contributed by atoms with Crippen LogP contribution in [0.5, 0.6) is 5.75 Å². The largest absolute Gasteiger partial charge is 0.479 e. The first-order valence-electron chi connectivity index (χ1n) is 6.38. The van der Waals surface area contributed by atoms with E-state index in [2.05, 4.69) is 0 Å². The van der Waals surface area contributed by atoms with Gasteiger partial charge >= 0.3 is 0 Å². The fraction of sp³-hybridized carbons (Fsp3) is 0.500. The molecule has 1 aromatic carbocycles. The molecule has 18 heavy (non-hydrogen) atoms. The summed E-state index contributed by atoms with van der Waals surface area (Å²) in [4.78, 5) is 14.1. The number of amides is 1. The maximum Gasteiger partial charge on any atom is 0.263 e. The van der Waals surface area contributed by atoms with Crippen LogP contribution >= 0.6 is 11.6 Å². The molecular formula is C14H18ClNO2. The summed E-state index contributed by atoms with van der Waals surface area (Å²) in [5.41, 5.74) is 0. The lowest BCUT2D eigenvalue weighted by Crippen LogP contribution is -2.43. The topological polar surface area (TPSA) is 29.5 Å². The van der Waals surface area contributed by atoms with Gasteiger partial charge in [0.25, 0.3) is 5.91 Å². The van der Waals surface area contributed by atoms with Crippen molar-refractivity contribution >= 4 is 17.5 Å². The SMILES string of the molecule is CC(Oc1ccccc1Cl)C(=O)N1CCCCC1. The van der Waals surface area contributed by atoms with Crippen molar-refractivity contribution in [3.8, 4) is 5.75 Å². The Balaban J connectivity index is 1.96. The van der Waals surface area contributed by atoms with Gasteiger partial charge in [-0.3, -0.25) is 4.79 Å². The highest BCUT2D eigenvalue weighted by atomic mass is 35.5. The first kappa shape index (κ1) is 13.2. The molecule has 2 rings (SSSR count). The average molecular weight is 268 g/mol. The van der Waals surface area contributed by atoms with Crippen LogP contribution < -0.4 is 4.74 Å². The molecule has 0 N–H and O–H groups in total. The van der Waals surface area contributed by atoms with E-state index in [0.29, 0.717) is 10.8 Å². The van der Waals surface area contributed by atoms with Crippen molar-refractivity contribution < 1.29 is 9.53 Å². The van der Waals surface area contributed by atoms with Crippen LogP contribution in [0.15, 0.2) is 24.3 Å². The molecule has 1 heterocycles. The van der Waals surface area contributed by atoms with Crippen molar-refractivity contribution in [2.75, 3.05) is 13.1 Å². The van der Waals surface area contributed by atoms with Crippen LogP contribution in [0.25, 0.3) is 0 Å². The molecule has 0 aromatic heterocycles. The maximum absolute atomic E-state index is 12.2. The highest BCUT2D eigenvalue weighted by Gasteiger charge is 2.23. The lowest BCUT2D eigenvalue weighted by Gasteiger charge is -2.29. The Hall–Kier alpha value is -1.22. The monoisotopic (exact) mass is 267 g/mol. The molecule has 0 bridgehead atoms. The van der Waals surface area contributed by atoms with Crippen LogP contribution in [0.3, 0.4) is 0 Å². The predicted octanol–water partition coefficient (Wildman–Crippen LogP) is 3.12. The fourth-order valence-electron chi connectivity index (χ4n) is 2.15. The van der Waals surface area contributed by atoms with Crippen molar-refractivity contribution in [1.82, 2.24) is 4.90 Å². The second-order valence-corrected chi connectivity index (χ2v) is 4.98. The Bertz CT molecular complexity index is 416. The van der Waals surface area contributed by atoms with Crippen LogP contribution in [0.4, 0.5) is 0 Å². The molecule has 1 fully saturated rings. The lowest BCUT2D eigenvalue weighted by atomic mass is 10.1. The third-order valence-corrected chi connectivity index (χ3v) is 3.47. The third kappa shape index (κ3) is 3.16. The number of carbonyl (C=O) groups is 1. The molecular weight excluding hydrogens is 250 g/mol. The zero-order chi connectivity index (χ0) is 13.0. The summed E-state index contributed by atoms with van der Waals surface area (Å²) in [7, 11) is 0. The average Bonchev–Trinajstić information content (AvgIpc) is 2.41. The number of carbonyl (C=O) groups excluding carboxylic acids is 1. The standard InChI is InChI=1S/C14H18ClNO2/c1-11(14(17)16-9-5-2-6-10-16)18-13-8-4-3-7-12(13)15/h3-4,7-8,11H,2,5-6,9-10H2,1H3. The van der Waals surface area contributed by atoms with E-state index < -0.39 is 6.10 Å². The molecule has 3 nitrogen and oxygen atoms in total. The van der Waals surface area contributed by atoms with Gasteiger partial charge in [-0.05, 0) is 38.3 Å².